The van der Waals surface area contributed by atoms with E-state index in [1.165, 1.54) is 0 Å². The minimum Gasteiger partial charge on any atom is -0.344 e. The molecule has 2 aromatic rings. The van der Waals surface area contributed by atoms with Gasteiger partial charge in [0.05, 0.1) is 0 Å². The second-order valence-corrected chi connectivity index (χ2v) is 5.53. The molecule has 1 amide bonds. The van der Waals surface area contributed by atoms with Gasteiger partial charge in [-0.05, 0) is 30.7 Å². The summed E-state index contributed by atoms with van der Waals surface area (Å²) < 4.78 is 2.94. The van der Waals surface area contributed by atoms with Crippen molar-refractivity contribution in [2.45, 2.75) is 13.5 Å². The first-order valence-electron chi connectivity index (χ1n) is 6.12. The fourth-order valence-electron chi connectivity index (χ4n) is 1.98. The van der Waals surface area contributed by atoms with E-state index in [1.54, 1.807) is 4.90 Å². The number of carbonyl (C=O) groups excluding carboxylic acids is 1. The van der Waals surface area contributed by atoms with Crippen LogP contribution < -0.4 is 0 Å². The summed E-state index contributed by atoms with van der Waals surface area (Å²) in [4.78, 5) is 14.1. The summed E-state index contributed by atoms with van der Waals surface area (Å²) in [6.07, 6.45) is 0. The summed E-state index contributed by atoms with van der Waals surface area (Å²) in [5.74, 6) is 0.0337. The number of aryl methyl sites for hydroxylation is 1. The van der Waals surface area contributed by atoms with Crippen LogP contribution in [0, 0.1) is 6.92 Å². The molecule has 4 heteroatoms. The summed E-state index contributed by atoms with van der Waals surface area (Å²) in [6, 6.07) is 11.8. The Hall–Kier alpha value is -1.55. The fraction of sp³-hybridized carbons (Fsp3) is 0.267. The highest BCUT2D eigenvalue weighted by molar-refractivity contribution is 9.10. The molecule has 0 aliphatic carbocycles. The molecule has 0 saturated carbocycles. The van der Waals surface area contributed by atoms with Gasteiger partial charge in [-0.25, -0.2) is 0 Å². The van der Waals surface area contributed by atoms with Crippen molar-refractivity contribution in [3.8, 4) is 0 Å². The van der Waals surface area contributed by atoms with Gasteiger partial charge in [0.1, 0.15) is 5.69 Å². The first-order valence-corrected chi connectivity index (χ1v) is 6.91. The third kappa shape index (κ3) is 2.89. The molecule has 2 rings (SSSR count). The molecule has 0 atom stereocenters. The number of amides is 1. The first-order chi connectivity index (χ1) is 9.00. The van der Waals surface area contributed by atoms with Gasteiger partial charge in [0, 0.05) is 30.8 Å². The molecule has 0 unspecified atom stereocenters. The highest BCUT2D eigenvalue weighted by Crippen LogP contribution is 2.18. The zero-order valence-electron chi connectivity index (χ0n) is 11.4. The number of rotatable bonds is 3. The second-order valence-electron chi connectivity index (χ2n) is 4.67. The number of benzene rings is 1. The molecule has 0 bridgehead atoms. The SMILES string of the molecule is Cc1ccc(C(=O)N(C)Cc2ccccc2Br)n1C. The normalized spacial score (nSPS) is 10.5. The lowest BCUT2D eigenvalue weighted by atomic mass is 10.2. The fourth-order valence-corrected chi connectivity index (χ4v) is 2.39. The molecular formula is C15H17BrN2O. The summed E-state index contributed by atoms with van der Waals surface area (Å²) in [7, 11) is 3.74. The lowest BCUT2D eigenvalue weighted by Gasteiger charge is -2.18. The summed E-state index contributed by atoms with van der Waals surface area (Å²) in [5.41, 5.74) is 2.90. The Morgan fingerprint density at radius 3 is 2.53 bits per heavy atom. The lowest BCUT2D eigenvalue weighted by Crippen LogP contribution is -2.28. The predicted octanol–water partition coefficient (Wildman–Crippen LogP) is 3.37. The summed E-state index contributed by atoms with van der Waals surface area (Å²) in [5, 5.41) is 0. The van der Waals surface area contributed by atoms with Crippen molar-refractivity contribution >= 4 is 21.8 Å². The average Bonchev–Trinajstić information content (AvgIpc) is 2.72. The zero-order valence-corrected chi connectivity index (χ0v) is 12.9. The van der Waals surface area contributed by atoms with E-state index < -0.39 is 0 Å². The van der Waals surface area contributed by atoms with Crippen LogP contribution in [0.1, 0.15) is 21.7 Å². The van der Waals surface area contributed by atoms with E-state index >= 15 is 0 Å². The van der Waals surface area contributed by atoms with E-state index in [1.807, 2.05) is 62.0 Å². The maximum Gasteiger partial charge on any atom is 0.270 e. The zero-order chi connectivity index (χ0) is 14.0. The van der Waals surface area contributed by atoms with Crippen LogP contribution in [-0.4, -0.2) is 22.4 Å². The van der Waals surface area contributed by atoms with Crippen molar-refractivity contribution in [2.75, 3.05) is 7.05 Å². The van der Waals surface area contributed by atoms with Crippen molar-refractivity contribution in [3.05, 3.63) is 57.8 Å². The Kier molecular flexibility index (Phi) is 4.10. The van der Waals surface area contributed by atoms with E-state index in [0.717, 1.165) is 15.7 Å². The van der Waals surface area contributed by atoms with E-state index in [2.05, 4.69) is 15.9 Å². The second kappa shape index (κ2) is 5.61. The number of hydrogen-bond donors (Lipinski definition) is 0. The molecule has 1 heterocycles. The molecule has 0 radical (unpaired) electrons. The Labute approximate surface area is 122 Å². The number of aromatic nitrogens is 1. The Bertz CT molecular complexity index is 604. The number of carbonyl (C=O) groups is 1. The van der Waals surface area contributed by atoms with Crippen LogP contribution in [0.5, 0.6) is 0 Å². The molecule has 1 aromatic heterocycles. The third-order valence-electron chi connectivity index (χ3n) is 3.30. The summed E-state index contributed by atoms with van der Waals surface area (Å²) in [6.45, 7) is 2.58. The van der Waals surface area contributed by atoms with Crippen molar-refractivity contribution in [2.24, 2.45) is 7.05 Å². The lowest BCUT2D eigenvalue weighted by molar-refractivity contribution is 0.0775. The Morgan fingerprint density at radius 2 is 1.95 bits per heavy atom. The van der Waals surface area contributed by atoms with Gasteiger partial charge in [0.15, 0.2) is 0 Å². The van der Waals surface area contributed by atoms with Gasteiger partial charge in [-0.3, -0.25) is 4.79 Å². The number of hydrogen-bond acceptors (Lipinski definition) is 1. The van der Waals surface area contributed by atoms with Crippen LogP contribution in [0.15, 0.2) is 40.9 Å². The third-order valence-corrected chi connectivity index (χ3v) is 4.08. The molecule has 0 aliphatic rings. The van der Waals surface area contributed by atoms with E-state index in [9.17, 15) is 4.79 Å². The summed E-state index contributed by atoms with van der Waals surface area (Å²) >= 11 is 3.51. The van der Waals surface area contributed by atoms with Crippen LogP contribution in [0.25, 0.3) is 0 Å². The maximum atomic E-state index is 12.4. The molecule has 1 aromatic carbocycles. The van der Waals surface area contributed by atoms with Gasteiger partial charge < -0.3 is 9.47 Å². The molecule has 0 fully saturated rings. The van der Waals surface area contributed by atoms with E-state index in [4.69, 9.17) is 0 Å². The molecule has 0 spiro atoms. The monoisotopic (exact) mass is 320 g/mol. The molecule has 0 N–H and O–H groups in total. The molecule has 19 heavy (non-hydrogen) atoms. The molecule has 3 nitrogen and oxygen atoms in total. The Morgan fingerprint density at radius 1 is 1.26 bits per heavy atom. The number of halogens is 1. The predicted molar refractivity (Wildman–Crippen MR) is 80.1 cm³/mol. The average molecular weight is 321 g/mol. The van der Waals surface area contributed by atoms with Crippen molar-refractivity contribution in [1.82, 2.24) is 9.47 Å². The van der Waals surface area contributed by atoms with E-state index in [0.29, 0.717) is 12.2 Å². The van der Waals surface area contributed by atoms with Gasteiger partial charge in [0.25, 0.3) is 5.91 Å². The van der Waals surface area contributed by atoms with E-state index in [-0.39, 0.29) is 5.91 Å². The standard InChI is InChI=1S/C15H17BrN2O/c1-11-8-9-14(18(11)3)15(19)17(2)10-12-6-4-5-7-13(12)16/h4-9H,10H2,1-3H3. The highest BCUT2D eigenvalue weighted by atomic mass is 79.9. The largest absolute Gasteiger partial charge is 0.344 e. The quantitative estimate of drug-likeness (QED) is 0.851. The highest BCUT2D eigenvalue weighted by Gasteiger charge is 2.16. The van der Waals surface area contributed by atoms with Gasteiger partial charge in [-0.1, -0.05) is 34.1 Å². The molecule has 0 aliphatic heterocycles. The van der Waals surface area contributed by atoms with Gasteiger partial charge in [-0.15, -0.1) is 0 Å². The van der Waals surface area contributed by atoms with Crippen LogP contribution in [-0.2, 0) is 13.6 Å². The molecule has 100 valence electrons. The molecule has 0 saturated heterocycles. The van der Waals surface area contributed by atoms with Gasteiger partial charge in [-0.2, -0.15) is 0 Å². The van der Waals surface area contributed by atoms with Crippen LogP contribution >= 0.6 is 15.9 Å². The first kappa shape index (κ1) is 13.9. The molecular weight excluding hydrogens is 304 g/mol. The maximum absolute atomic E-state index is 12.4. The van der Waals surface area contributed by atoms with Crippen molar-refractivity contribution < 1.29 is 4.79 Å². The van der Waals surface area contributed by atoms with Crippen molar-refractivity contribution in [3.63, 3.8) is 0 Å². The number of nitrogens with zero attached hydrogens (tertiary/aromatic N) is 2. The van der Waals surface area contributed by atoms with Gasteiger partial charge >= 0.3 is 0 Å². The van der Waals surface area contributed by atoms with Crippen LogP contribution in [0.4, 0.5) is 0 Å². The van der Waals surface area contributed by atoms with Crippen LogP contribution in [0.2, 0.25) is 0 Å². The Balaban J connectivity index is 2.17. The van der Waals surface area contributed by atoms with Crippen molar-refractivity contribution in [1.29, 1.82) is 0 Å². The topological polar surface area (TPSA) is 25.2 Å². The minimum absolute atomic E-state index is 0.0337. The van der Waals surface area contributed by atoms with Crippen LogP contribution in [0.3, 0.4) is 0 Å². The van der Waals surface area contributed by atoms with Gasteiger partial charge in [0.2, 0.25) is 0 Å². The smallest absolute Gasteiger partial charge is 0.270 e. The minimum atomic E-state index is 0.0337.